The van der Waals surface area contributed by atoms with E-state index in [-0.39, 0.29) is 5.75 Å². The van der Waals surface area contributed by atoms with Crippen LogP contribution in [0.5, 0.6) is 0 Å². The molecule has 0 radical (unpaired) electrons. The highest BCUT2D eigenvalue weighted by molar-refractivity contribution is 7.89. The third-order valence-electron chi connectivity index (χ3n) is 2.46. The number of rotatable bonds is 6. The highest BCUT2D eigenvalue weighted by atomic mass is 35.5. The minimum atomic E-state index is -3.14. The molecule has 0 heterocycles. The topological polar surface area (TPSA) is 37.4 Å². The van der Waals surface area contributed by atoms with Gasteiger partial charge in [-0.15, -0.1) is 0 Å². The molecule has 0 saturated carbocycles. The van der Waals surface area contributed by atoms with Gasteiger partial charge in [-0.25, -0.2) is 8.42 Å². The molecule has 1 aromatic rings. The molecule has 96 valence electrons. The molecule has 0 aliphatic carbocycles. The Morgan fingerprint density at radius 2 is 2.00 bits per heavy atom. The molecule has 0 N–H and O–H groups in total. The maximum Gasteiger partial charge on any atom is 0.214 e. The van der Waals surface area contributed by atoms with Crippen LogP contribution < -0.4 is 0 Å². The third kappa shape index (κ3) is 4.30. The molecule has 0 bridgehead atoms. The number of benzene rings is 1. The molecule has 5 heteroatoms. The zero-order valence-corrected chi connectivity index (χ0v) is 11.8. The van der Waals surface area contributed by atoms with Gasteiger partial charge in [-0.05, 0) is 24.1 Å². The van der Waals surface area contributed by atoms with Crippen LogP contribution in [0, 0.1) is 0 Å². The Morgan fingerprint density at radius 1 is 1.29 bits per heavy atom. The number of sulfonamides is 1. The van der Waals surface area contributed by atoms with E-state index in [2.05, 4.69) is 0 Å². The fraction of sp³-hybridized carbons (Fsp3) is 0.500. The quantitative estimate of drug-likeness (QED) is 0.801. The Hall–Kier alpha value is -0.580. The van der Waals surface area contributed by atoms with Crippen molar-refractivity contribution >= 4 is 21.6 Å². The molecular weight excluding hydrogens is 258 g/mol. The van der Waals surface area contributed by atoms with E-state index in [1.54, 1.807) is 12.1 Å². The maximum absolute atomic E-state index is 11.9. The summed E-state index contributed by atoms with van der Waals surface area (Å²) in [6.45, 7) is 4.58. The Balaban J connectivity index is 2.84. The summed E-state index contributed by atoms with van der Waals surface area (Å²) in [6, 6.07) is 7.29. The van der Waals surface area contributed by atoms with Gasteiger partial charge in [0.1, 0.15) is 0 Å². The Labute approximate surface area is 108 Å². The van der Waals surface area contributed by atoms with Crippen molar-refractivity contribution in [3.8, 4) is 0 Å². The lowest BCUT2D eigenvalue weighted by molar-refractivity contribution is 0.423. The highest BCUT2D eigenvalue weighted by Gasteiger charge is 2.19. The van der Waals surface area contributed by atoms with Gasteiger partial charge in [0.15, 0.2) is 0 Å². The lowest BCUT2D eigenvalue weighted by atomic mass is 10.2. The van der Waals surface area contributed by atoms with E-state index in [9.17, 15) is 8.42 Å². The predicted molar refractivity (Wildman–Crippen MR) is 71.6 cm³/mol. The summed E-state index contributed by atoms with van der Waals surface area (Å²) in [4.78, 5) is 0. The van der Waals surface area contributed by atoms with Crippen LogP contribution in [-0.2, 0) is 16.6 Å². The Morgan fingerprint density at radius 3 is 2.53 bits per heavy atom. The molecule has 17 heavy (non-hydrogen) atoms. The second-order valence-corrected chi connectivity index (χ2v) is 6.40. The molecule has 0 fully saturated rings. The number of halogens is 1. The molecule has 0 amide bonds. The van der Waals surface area contributed by atoms with Crippen LogP contribution >= 0.6 is 11.6 Å². The minimum absolute atomic E-state index is 0.196. The SMILES string of the molecule is CCCS(=O)(=O)N(CC)Cc1cccc(Cl)c1. The van der Waals surface area contributed by atoms with Crippen molar-refractivity contribution in [3.63, 3.8) is 0 Å². The first-order valence-corrected chi connectivity index (χ1v) is 7.70. The first-order chi connectivity index (χ1) is 7.99. The van der Waals surface area contributed by atoms with E-state index in [0.29, 0.717) is 24.5 Å². The molecule has 0 aliphatic heterocycles. The van der Waals surface area contributed by atoms with Gasteiger partial charge in [0.05, 0.1) is 5.75 Å². The van der Waals surface area contributed by atoms with E-state index in [0.717, 1.165) is 5.56 Å². The molecule has 0 aliphatic rings. The van der Waals surface area contributed by atoms with Gasteiger partial charge in [0.2, 0.25) is 10.0 Å². The maximum atomic E-state index is 11.9. The van der Waals surface area contributed by atoms with Gasteiger partial charge in [-0.2, -0.15) is 4.31 Å². The van der Waals surface area contributed by atoms with Crippen molar-refractivity contribution in [1.29, 1.82) is 0 Å². The van der Waals surface area contributed by atoms with E-state index in [1.165, 1.54) is 4.31 Å². The molecule has 1 aromatic carbocycles. The molecule has 1 rings (SSSR count). The second kappa shape index (κ2) is 6.38. The smallest absolute Gasteiger partial charge is 0.212 e. The number of hydrogen-bond acceptors (Lipinski definition) is 2. The second-order valence-electron chi connectivity index (χ2n) is 3.87. The van der Waals surface area contributed by atoms with Crippen LogP contribution in [0.1, 0.15) is 25.8 Å². The predicted octanol–water partition coefficient (Wildman–Crippen LogP) is 2.90. The summed E-state index contributed by atoms with van der Waals surface area (Å²) in [7, 11) is -3.14. The molecule has 0 spiro atoms. The first kappa shape index (κ1) is 14.5. The lowest BCUT2D eigenvalue weighted by Crippen LogP contribution is -2.32. The molecule has 0 saturated heterocycles. The minimum Gasteiger partial charge on any atom is -0.212 e. The fourth-order valence-corrected chi connectivity index (χ4v) is 3.36. The van der Waals surface area contributed by atoms with Crippen LogP contribution in [0.2, 0.25) is 5.02 Å². The highest BCUT2D eigenvalue weighted by Crippen LogP contribution is 2.15. The summed E-state index contributed by atoms with van der Waals surface area (Å²) >= 11 is 5.88. The third-order valence-corrected chi connectivity index (χ3v) is 4.79. The van der Waals surface area contributed by atoms with Crippen LogP contribution in [0.4, 0.5) is 0 Å². The number of hydrogen-bond donors (Lipinski definition) is 0. The zero-order chi connectivity index (χ0) is 12.9. The molecular formula is C12H18ClNO2S. The standard InChI is InChI=1S/C12H18ClNO2S/c1-3-8-17(15,16)14(4-2)10-11-6-5-7-12(13)9-11/h5-7,9H,3-4,8,10H2,1-2H3. The summed E-state index contributed by atoms with van der Waals surface area (Å²) in [5, 5.41) is 0.631. The van der Waals surface area contributed by atoms with Crippen molar-refractivity contribution in [2.24, 2.45) is 0 Å². The average molecular weight is 276 g/mol. The summed E-state index contributed by atoms with van der Waals surface area (Å²) in [5.74, 6) is 0.196. The number of nitrogens with zero attached hydrogens (tertiary/aromatic N) is 1. The van der Waals surface area contributed by atoms with E-state index in [1.807, 2.05) is 26.0 Å². The van der Waals surface area contributed by atoms with Crippen molar-refractivity contribution < 1.29 is 8.42 Å². The van der Waals surface area contributed by atoms with Gasteiger partial charge in [0, 0.05) is 18.1 Å². The molecule has 0 unspecified atom stereocenters. The molecule has 3 nitrogen and oxygen atoms in total. The zero-order valence-electron chi connectivity index (χ0n) is 10.2. The monoisotopic (exact) mass is 275 g/mol. The van der Waals surface area contributed by atoms with Gasteiger partial charge in [-0.1, -0.05) is 37.6 Å². The largest absolute Gasteiger partial charge is 0.214 e. The van der Waals surface area contributed by atoms with Gasteiger partial charge in [0.25, 0.3) is 0 Å². The van der Waals surface area contributed by atoms with Crippen molar-refractivity contribution in [2.75, 3.05) is 12.3 Å². The Bertz CT molecular complexity index is 459. The summed E-state index contributed by atoms with van der Waals surface area (Å²) in [6.07, 6.45) is 0.633. The Kier molecular flexibility index (Phi) is 5.43. The average Bonchev–Trinajstić information content (AvgIpc) is 2.25. The van der Waals surface area contributed by atoms with E-state index >= 15 is 0 Å². The summed E-state index contributed by atoms with van der Waals surface area (Å²) < 4.78 is 25.4. The van der Waals surface area contributed by atoms with Gasteiger partial charge >= 0.3 is 0 Å². The van der Waals surface area contributed by atoms with Crippen LogP contribution in [0.3, 0.4) is 0 Å². The van der Waals surface area contributed by atoms with Crippen molar-refractivity contribution in [2.45, 2.75) is 26.8 Å². The van der Waals surface area contributed by atoms with Gasteiger partial charge in [-0.3, -0.25) is 0 Å². The summed E-state index contributed by atoms with van der Waals surface area (Å²) in [5.41, 5.74) is 0.916. The van der Waals surface area contributed by atoms with E-state index < -0.39 is 10.0 Å². The van der Waals surface area contributed by atoms with Crippen molar-refractivity contribution in [1.82, 2.24) is 4.31 Å². The molecule has 0 atom stereocenters. The van der Waals surface area contributed by atoms with Crippen LogP contribution in [0.25, 0.3) is 0 Å². The lowest BCUT2D eigenvalue weighted by Gasteiger charge is -2.20. The van der Waals surface area contributed by atoms with Crippen LogP contribution in [-0.4, -0.2) is 25.0 Å². The first-order valence-electron chi connectivity index (χ1n) is 5.72. The molecule has 0 aromatic heterocycles. The van der Waals surface area contributed by atoms with Crippen LogP contribution in [0.15, 0.2) is 24.3 Å². The fourth-order valence-electron chi connectivity index (χ4n) is 1.63. The normalized spacial score (nSPS) is 12.0. The van der Waals surface area contributed by atoms with Crippen molar-refractivity contribution in [3.05, 3.63) is 34.9 Å². The van der Waals surface area contributed by atoms with E-state index in [4.69, 9.17) is 11.6 Å². The van der Waals surface area contributed by atoms with Gasteiger partial charge < -0.3 is 0 Å².